The molecule has 1 N–H and O–H groups in total. The van der Waals surface area contributed by atoms with E-state index in [1.165, 1.54) is 25.3 Å². The van der Waals surface area contributed by atoms with Crippen molar-refractivity contribution in [1.29, 1.82) is 5.26 Å². The smallest absolute Gasteiger partial charge is 0.331 e. The predicted molar refractivity (Wildman–Crippen MR) is 76.8 cm³/mol. The lowest BCUT2D eigenvalue weighted by Crippen LogP contribution is -2.44. The molecule has 7 heteroatoms. The van der Waals surface area contributed by atoms with Crippen LogP contribution in [0, 0.1) is 21.4 Å². The molecule has 112 valence electrons. The zero-order chi connectivity index (χ0) is 16.0. The number of hydrogen-bond donors (Lipinski definition) is 1. The second kappa shape index (κ2) is 6.70. The highest BCUT2D eigenvalue weighted by molar-refractivity contribution is 5.84. The SMILES string of the molecule is CCCC(C)(Nc1ccc(C#N)c([N+](=O)[O-])c1)C(=O)OC. The molecule has 0 aromatic heterocycles. The van der Waals surface area contributed by atoms with Crippen LogP contribution in [-0.2, 0) is 9.53 Å². The Kier molecular flexibility index (Phi) is 5.24. The summed E-state index contributed by atoms with van der Waals surface area (Å²) in [4.78, 5) is 22.2. The number of benzene rings is 1. The molecule has 0 bridgehead atoms. The Morgan fingerprint density at radius 1 is 1.57 bits per heavy atom. The Labute approximate surface area is 122 Å². The van der Waals surface area contributed by atoms with Gasteiger partial charge in [0.15, 0.2) is 0 Å². The molecule has 0 aliphatic heterocycles. The van der Waals surface area contributed by atoms with E-state index in [4.69, 9.17) is 10.00 Å². The third-order valence-corrected chi connectivity index (χ3v) is 3.12. The molecule has 1 unspecified atom stereocenters. The van der Waals surface area contributed by atoms with Gasteiger partial charge in [-0.25, -0.2) is 4.79 Å². The summed E-state index contributed by atoms with van der Waals surface area (Å²) < 4.78 is 4.78. The molecule has 21 heavy (non-hydrogen) atoms. The van der Waals surface area contributed by atoms with Crippen molar-refractivity contribution < 1.29 is 14.5 Å². The summed E-state index contributed by atoms with van der Waals surface area (Å²) in [7, 11) is 1.29. The predicted octanol–water partition coefficient (Wildman–Crippen LogP) is 2.61. The van der Waals surface area contributed by atoms with E-state index in [9.17, 15) is 14.9 Å². The van der Waals surface area contributed by atoms with E-state index in [1.54, 1.807) is 13.0 Å². The number of ether oxygens (including phenoxy) is 1. The first-order valence-corrected chi connectivity index (χ1v) is 6.43. The monoisotopic (exact) mass is 291 g/mol. The highest BCUT2D eigenvalue weighted by Crippen LogP contribution is 2.27. The Morgan fingerprint density at radius 3 is 2.71 bits per heavy atom. The maximum absolute atomic E-state index is 11.9. The standard InChI is InChI=1S/C14H17N3O4/c1-4-7-14(2,13(18)21-3)16-11-6-5-10(9-15)12(8-11)17(19)20/h5-6,8,16H,4,7H2,1-3H3. The highest BCUT2D eigenvalue weighted by atomic mass is 16.6. The molecule has 0 heterocycles. The summed E-state index contributed by atoms with van der Waals surface area (Å²) in [6.07, 6.45) is 1.24. The lowest BCUT2D eigenvalue weighted by Gasteiger charge is -2.28. The second-order valence-electron chi connectivity index (χ2n) is 4.80. The fourth-order valence-corrected chi connectivity index (χ4v) is 2.11. The Bertz CT molecular complexity index is 594. The first-order valence-electron chi connectivity index (χ1n) is 6.43. The van der Waals surface area contributed by atoms with Crippen molar-refractivity contribution in [3.63, 3.8) is 0 Å². The molecule has 0 aliphatic carbocycles. The molecule has 0 fully saturated rings. The van der Waals surface area contributed by atoms with Gasteiger partial charge in [-0.15, -0.1) is 0 Å². The van der Waals surface area contributed by atoms with Gasteiger partial charge in [-0.05, 0) is 25.5 Å². The highest BCUT2D eigenvalue weighted by Gasteiger charge is 2.33. The largest absolute Gasteiger partial charge is 0.467 e. The Hall–Kier alpha value is -2.62. The van der Waals surface area contributed by atoms with E-state index in [-0.39, 0.29) is 11.3 Å². The number of nitrogens with one attached hydrogen (secondary N) is 1. The normalized spacial score (nSPS) is 12.9. The Morgan fingerprint density at radius 2 is 2.24 bits per heavy atom. The quantitative estimate of drug-likeness (QED) is 0.490. The summed E-state index contributed by atoms with van der Waals surface area (Å²) in [6, 6.07) is 5.89. The number of carbonyl (C=O) groups excluding carboxylic acids is 1. The van der Waals surface area contributed by atoms with Crippen LogP contribution >= 0.6 is 0 Å². The zero-order valence-electron chi connectivity index (χ0n) is 12.2. The zero-order valence-corrected chi connectivity index (χ0v) is 12.2. The maximum atomic E-state index is 11.9. The van der Waals surface area contributed by atoms with Crippen LogP contribution in [0.15, 0.2) is 18.2 Å². The number of nitriles is 1. The van der Waals surface area contributed by atoms with Gasteiger partial charge in [0.1, 0.15) is 17.2 Å². The molecule has 1 rings (SSSR count). The molecule has 1 atom stereocenters. The Balaban J connectivity index is 3.17. The minimum Gasteiger partial charge on any atom is -0.467 e. The summed E-state index contributed by atoms with van der Waals surface area (Å²) >= 11 is 0. The van der Waals surface area contributed by atoms with Crippen molar-refractivity contribution in [2.24, 2.45) is 0 Å². The van der Waals surface area contributed by atoms with Gasteiger partial charge in [0, 0.05) is 11.8 Å². The summed E-state index contributed by atoms with van der Waals surface area (Å²) in [5.74, 6) is -0.448. The van der Waals surface area contributed by atoms with Crippen LogP contribution in [0.3, 0.4) is 0 Å². The van der Waals surface area contributed by atoms with Gasteiger partial charge in [-0.1, -0.05) is 13.3 Å². The summed E-state index contributed by atoms with van der Waals surface area (Å²) in [5, 5.41) is 22.8. The van der Waals surface area contributed by atoms with Crippen LogP contribution < -0.4 is 5.32 Å². The van der Waals surface area contributed by atoms with E-state index >= 15 is 0 Å². The van der Waals surface area contributed by atoms with Gasteiger partial charge >= 0.3 is 5.97 Å². The van der Waals surface area contributed by atoms with E-state index in [1.807, 2.05) is 6.92 Å². The van der Waals surface area contributed by atoms with Gasteiger partial charge in [0.2, 0.25) is 0 Å². The minimum atomic E-state index is -0.981. The number of anilines is 1. The van der Waals surface area contributed by atoms with Gasteiger partial charge in [0.25, 0.3) is 5.69 Å². The third kappa shape index (κ3) is 3.69. The van der Waals surface area contributed by atoms with Crippen molar-refractivity contribution >= 4 is 17.3 Å². The molecule has 0 radical (unpaired) electrons. The van der Waals surface area contributed by atoms with E-state index in [2.05, 4.69) is 5.32 Å². The molecule has 0 amide bonds. The average Bonchev–Trinajstić information content (AvgIpc) is 2.46. The number of nitro benzene ring substituents is 1. The molecule has 0 saturated heterocycles. The first kappa shape index (κ1) is 16.4. The van der Waals surface area contributed by atoms with Gasteiger partial charge < -0.3 is 10.1 Å². The molecule has 7 nitrogen and oxygen atoms in total. The average molecular weight is 291 g/mol. The van der Waals surface area contributed by atoms with E-state index in [0.29, 0.717) is 12.1 Å². The lowest BCUT2D eigenvalue weighted by molar-refractivity contribution is -0.385. The van der Waals surface area contributed by atoms with Crippen molar-refractivity contribution in [3.8, 4) is 6.07 Å². The van der Waals surface area contributed by atoms with Crippen molar-refractivity contribution in [1.82, 2.24) is 0 Å². The molecular weight excluding hydrogens is 274 g/mol. The molecule has 0 aliphatic rings. The fourth-order valence-electron chi connectivity index (χ4n) is 2.11. The lowest BCUT2D eigenvalue weighted by atomic mass is 9.95. The van der Waals surface area contributed by atoms with Crippen LogP contribution in [0.25, 0.3) is 0 Å². The van der Waals surface area contributed by atoms with E-state index in [0.717, 1.165) is 6.42 Å². The van der Waals surface area contributed by atoms with Gasteiger partial charge in [-0.2, -0.15) is 5.26 Å². The fraction of sp³-hybridized carbons (Fsp3) is 0.429. The second-order valence-corrected chi connectivity index (χ2v) is 4.80. The number of carbonyl (C=O) groups is 1. The molecular formula is C14H17N3O4. The topological polar surface area (TPSA) is 105 Å². The third-order valence-electron chi connectivity index (χ3n) is 3.12. The van der Waals surface area contributed by atoms with Gasteiger partial charge in [0.05, 0.1) is 12.0 Å². The number of methoxy groups -OCH3 is 1. The van der Waals surface area contributed by atoms with Crippen LogP contribution in [0.4, 0.5) is 11.4 Å². The number of hydrogen-bond acceptors (Lipinski definition) is 6. The van der Waals surface area contributed by atoms with Crippen LogP contribution in [0.1, 0.15) is 32.3 Å². The van der Waals surface area contributed by atoms with Crippen LogP contribution in [0.2, 0.25) is 0 Å². The minimum absolute atomic E-state index is 0.0270. The number of rotatable bonds is 6. The van der Waals surface area contributed by atoms with Crippen molar-refractivity contribution in [2.75, 3.05) is 12.4 Å². The first-order chi connectivity index (χ1) is 9.87. The number of nitrogens with zero attached hydrogens (tertiary/aromatic N) is 2. The maximum Gasteiger partial charge on any atom is 0.331 e. The molecule has 1 aromatic rings. The van der Waals surface area contributed by atoms with Crippen LogP contribution in [0.5, 0.6) is 0 Å². The number of nitro groups is 1. The van der Waals surface area contributed by atoms with Crippen molar-refractivity contribution in [2.45, 2.75) is 32.2 Å². The molecule has 1 aromatic carbocycles. The number of esters is 1. The summed E-state index contributed by atoms with van der Waals surface area (Å²) in [6.45, 7) is 3.59. The van der Waals surface area contributed by atoms with Crippen LogP contribution in [-0.4, -0.2) is 23.5 Å². The molecule has 0 saturated carbocycles. The van der Waals surface area contributed by atoms with E-state index < -0.39 is 16.4 Å². The molecule has 0 spiro atoms. The summed E-state index contributed by atoms with van der Waals surface area (Å²) in [5.41, 5.74) is -0.917. The van der Waals surface area contributed by atoms with Crippen molar-refractivity contribution in [3.05, 3.63) is 33.9 Å². The van der Waals surface area contributed by atoms with Gasteiger partial charge in [-0.3, -0.25) is 10.1 Å².